The molecular weight excluding hydrogens is 347 g/mol. The van der Waals surface area contributed by atoms with Crippen molar-refractivity contribution < 1.29 is 4.39 Å². The number of halogens is 2. The highest BCUT2D eigenvalue weighted by Crippen LogP contribution is 2.37. The van der Waals surface area contributed by atoms with Gasteiger partial charge < -0.3 is 10.7 Å². The summed E-state index contributed by atoms with van der Waals surface area (Å²) >= 11 is 6.35. The number of aryl methyl sites for hydroxylation is 1. The first-order valence-electron chi connectivity index (χ1n) is 9.35. The molecule has 3 N–H and O–H groups in total. The van der Waals surface area contributed by atoms with Crippen LogP contribution >= 0.6 is 11.6 Å². The summed E-state index contributed by atoms with van der Waals surface area (Å²) in [5.41, 5.74) is 11.2. The van der Waals surface area contributed by atoms with Gasteiger partial charge in [-0.25, -0.2) is 4.39 Å². The Balaban J connectivity index is 2.15. The number of rotatable bonds is 7. The molecule has 0 fully saturated rings. The first kappa shape index (κ1) is 18.9. The van der Waals surface area contributed by atoms with Crippen LogP contribution in [0.25, 0.3) is 22.2 Å². The fraction of sp³-hybridized carbons (Fsp3) is 0.364. The van der Waals surface area contributed by atoms with E-state index in [1.807, 2.05) is 0 Å². The molecule has 1 aromatic heterocycles. The van der Waals surface area contributed by atoms with Gasteiger partial charge >= 0.3 is 0 Å². The van der Waals surface area contributed by atoms with E-state index in [1.54, 1.807) is 6.07 Å². The third-order valence-electron chi connectivity index (χ3n) is 5.19. The van der Waals surface area contributed by atoms with E-state index in [0.29, 0.717) is 17.5 Å². The van der Waals surface area contributed by atoms with Crippen molar-refractivity contribution in [2.45, 2.75) is 45.4 Å². The van der Waals surface area contributed by atoms with E-state index in [2.05, 4.69) is 37.0 Å². The number of fused-ring (bicyclic) bond motifs is 1. The summed E-state index contributed by atoms with van der Waals surface area (Å²) < 4.78 is 13.5. The van der Waals surface area contributed by atoms with Gasteiger partial charge in [0, 0.05) is 16.5 Å². The minimum absolute atomic E-state index is 0.321. The monoisotopic (exact) mass is 372 g/mol. The lowest BCUT2D eigenvalue weighted by atomic mass is 9.94. The number of aromatic nitrogens is 1. The van der Waals surface area contributed by atoms with Gasteiger partial charge in [-0.05, 0) is 79.6 Å². The fourth-order valence-electron chi connectivity index (χ4n) is 3.44. The SMILES string of the molecule is CCC(C)c1ccc2[nH]c(-c3ccc(F)cc3Cl)c(CCCCN)c2c1. The molecule has 0 aliphatic carbocycles. The van der Waals surface area contributed by atoms with E-state index in [-0.39, 0.29) is 5.82 Å². The second-order valence-electron chi connectivity index (χ2n) is 6.96. The summed E-state index contributed by atoms with van der Waals surface area (Å²) in [6, 6.07) is 11.2. The molecule has 2 nitrogen and oxygen atoms in total. The predicted molar refractivity (Wildman–Crippen MR) is 109 cm³/mol. The van der Waals surface area contributed by atoms with Crippen molar-refractivity contribution >= 4 is 22.5 Å². The molecule has 26 heavy (non-hydrogen) atoms. The molecule has 138 valence electrons. The number of aromatic amines is 1. The van der Waals surface area contributed by atoms with Crippen molar-refractivity contribution in [1.82, 2.24) is 4.98 Å². The maximum atomic E-state index is 13.5. The Hall–Kier alpha value is -1.84. The zero-order valence-corrected chi connectivity index (χ0v) is 16.2. The number of benzene rings is 2. The molecule has 2 aromatic carbocycles. The molecule has 0 spiro atoms. The average Bonchev–Trinajstić information content (AvgIpc) is 2.99. The van der Waals surface area contributed by atoms with Crippen molar-refractivity contribution in [2.24, 2.45) is 5.73 Å². The van der Waals surface area contributed by atoms with E-state index >= 15 is 0 Å². The molecule has 0 amide bonds. The molecule has 0 radical (unpaired) electrons. The Morgan fingerprint density at radius 2 is 1.96 bits per heavy atom. The molecule has 3 aromatic rings. The molecule has 1 atom stereocenters. The highest BCUT2D eigenvalue weighted by molar-refractivity contribution is 6.33. The van der Waals surface area contributed by atoms with Crippen LogP contribution in [0.15, 0.2) is 36.4 Å². The molecule has 4 heteroatoms. The second kappa shape index (κ2) is 8.24. The molecule has 0 saturated heterocycles. The first-order chi connectivity index (χ1) is 12.5. The molecule has 3 rings (SSSR count). The van der Waals surface area contributed by atoms with Crippen LogP contribution in [0.5, 0.6) is 0 Å². The number of nitrogens with one attached hydrogen (secondary N) is 1. The molecule has 0 saturated carbocycles. The zero-order valence-electron chi connectivity index (χ0n) is 15.4. The Morgan fingerprint density at radius 1 is 1.15 bits per heavy atom. The zero-order chi connectivity index (χ0) is 18.7. The van der Waals surface area contributed by atoms with Crippen LogP contribution in [0.3, 0.4) is 0 Å². The topological polar surface area (TPSA) is 41.8 Å². The van der Waals surface area contributed by atoms with Gasteiger partial charge in [0.05, 0.1) is 10.7 Å². The number of unbranched alkanes of at least 4 members (excludes halogenated alkanes) is 1. The number of H-pyrrole nitrogens is 1. The van der Waals surface area contributed by atoms with Gasteiger partial charge in [0.25, 0.3) is 0 Å². The van der Waals surface area contributed by atoms with E-state index in [0.717, 1.165) is 42.5 Å². The van der Waals surface area contributed by atoms with Crippen molar-refractivity contribution in [3.8, 4) is 11.3 Å². The number of nitrogens with two attached hydrogens (primary N) is 1. The quantitative estimate of drug-likeness (QED) is 0.461. The summed E-state index contributed by atoms with van der Waals surface area (Å²) in [6.07, 6.45) is 4.02. The van der Waals surface area contributed by atoms with Gasteiger partial charge in [0.2, 0.25) is 0 Å². The largest absolute Gasteiger partial charge is 0.354 e. The maximum Gasteiger partial charge on any atom is 0.124 e. The maximum absolute atomic E-state index is 13.5. The fourth-order valence-corrected chi connectivity index (χ4v) is 3.70. The summed E-state index contributed by atoms with van der Waals surface area (Å²) in [5, 5.41) is 1.66. The van der Waals surface area contributed by atoms with Gasteiger partial charge in [-0.3, -0.25) is 0 Å². The van der Waals surface area contributed by atoms with Gasteiger partial charge in [-0.15, -0.1) is 0 Å². The molecule has 0 aliphatic heterocycles. The molecular formula is C22H26ClFN2. The summed E-state index contributed by atoms with van der Waals surface area (Å²) in [6.45, 7) is 5.14. The molecule has 0 aliphatic rings. The number of hydrogen-bond acceptors (Lipinski definition) is 1. The van der Waals surface area contributed by atoms with E-state index in [9.17, 15) is 4.39 Å². The van der Waals surface area contributed by atoms with Gasteiger partial charge in [0.15, 0.2) is 0 Å². The minimum Gasteiger partial charge on any atom is -0.354 e. The summed E-state index contributed by atoms with van der Waals surface area (Å²) in [4.78, 5) is 3.51. The average molecular weight is 373 g/mol. The van der Waals surface area contributed by atoms with Crippen molar-refractivity contribution in [3.05, 3.63) is 58.4 Å². The van der Waals surface area contributed by atoms with Gasteiger partial charge in [-0.2, -0.15) is 0 Å². The van der Waals surface area contributed by atoms with Gasteiger partial charge in [-0.1, -0.05) is 31.5 Å². The first-order valence-corrected chi connectivity index (χ1v) is 9.73. The van der Waals surface area contributed by atoms with Crippen LogP contribution in [-0.2, 0) is 6.42 Å². The lowest BCUT2D eigenvalue weighted by Crippen LogP contribution is -1.99. The third-order valence-corrected chi connectivity index (χ3v) is 5.51. The van der Waals surface area contributed by atoms with E-state index < -0.39 is 0 Å². The van der Waals surface area contributed by atoms with Crippen LogP contribution in [0.4, 0.5) is 4.39 Å². The van der Waals surface area contributed by atoms with Crippen molar-refractivity contribution in [1.29, 1.82) is 0 Å². The van der Waals surface area contributed by atoms with Crippen LogP contribution in [0, 0.1) is 5.82 Å². The second-order valence-corrected chi connectivity index (χ2v) is 7.37. The Labute approximate surface area is 159 Å². The highest BCUT2D eigenvalue weighted by Gasteiger charge is 2.17. The molecule has 0 bridgehead atoms. The normalized spacial score (nSPS) is 12.7. The van der Waals surface area contributed by atoms with Crippen molar-refractivity contribution in [2.75, 3.05) is 6.54 Å². The minimum atomic E-state index is -0.321. The smallest absolute Gasteiger partial charge is 0.124 e. The third kappa shape index (κ3) is 3.79. The van der Waals surface area contributed by atoms with E-state index in [1.165, 1.54) is 28.6 Å². The van der Waals surface area contributed by atoms with Crippen LogP contribution in [0.1, 0.15) is 50.2 Å². The van der Waals surface area contributed by atoms with Crippen LogP contribution < -0.4 is 5.73 Å². The highest BCUT2D eigenvalue weighted by atomic mass is 35.5. The lowest BCUT2D eigenvalue weighted by Gasteiger charge is -2.10. The lowest BCUT2D eigenvalue weighted by molar-refractivity contribution is 0.628. The standard InChI is InChI=1S/C22H26ClFN2/c1-3-14(2)15-7-10-21-19(12-15)17(6-4-5-11-25)22(26-21)18-9-8-16(24)13-20(18)23/h7-10,12-14,26H,3-6,11,25H2,1-2H3. The van der Waals surface area contributed by atoms with Crippen LogP contribution in [0.2, 0.25) is 5.02 Å². The molecule has 1 heterocycles. The summed E-state index contributed by atoms with van der Waals surface area (Å²) in [7, 11) is 0. The van der Waals surface area contributed by atoms with Crippen LogP contribution in [-0.4, -0.2) is 11.5 Å². The predicted octanol–water partition coefficient (Wildman–Crippen LogP) is 6.42. The Morgan fingerprint density at radius 3 is 2.65 bits per heavy atom. The van der Waals surface area contributed by atoms with Gasteiger partial charge in [0.1, 0.15) is 5.82 Å². The summed E-state index contributed by atoms with van der Waals surface area (Å²) in [5.74, 6) is 0.197. The van der Waals surface area contributed by atoms with Crippen molar-refractivity contribution in [3.63, 3.8) is 0 Å². The molecule has 1 unspecified atom stereocenters. The number of hydrogen-bond donors (Lipinski definition) is 2. The Bertz CT molecular complexity index is 901. The Kier molecular flexibility index (Phi) is 6.00. The van der Waals surface area contributed by atoms with E-state index in [4.69, 9.17) is 17.3 Å².